The molecule has 1 aliphatic rings. The highest BCUT2D eigenvalue weighted by molar-refractivity contribution is 6.40. The maximum Gasteiger partial charge on any atom is 0.267 e. The molecule has 0 radical (unpaired) electrons. The number of hydrogen-bond acceptors (Lipinski definition) is 4. The molecule has 25 heavy (non-hydrogen) atoms. The van der Waals surface area contributed by atoms with Gasteiger partial charge in [-0.3, -0.25) is 14.4 Å². The quantitative estimate of drug-likeness (QED) is 0.818. The van der Waals surface area contributed by atoms with E-state index < -0.39 is 5.91 Å². The van der Waals surface area contributed by atoms with Crippen LogP contribution in [-0.2, 0) is 14.4 Å². The average molecular weight is 344 g/mol. The molecule has 7 nitrogen and oxygen atoms in total. The molecule has 2 N–H and O–H groups in total. The van der Waals surface area contributed by atoms with E-state index in [1.807, 2.05) is 39.0 Å². The van der Waals surface area contributed by atoms with Crippen LogP contribution in [0.15, 0.2) is 23.3 Å². The van der Waals surface area contributed by atoms with E-state index in [0.717, 1.165) is 17.5 Å². The van der Waals surface area contributed by atoms with E-state index in [4.69, 9.17) is 0 Å². The first-order valence-corrected chi connectivity index (χ1v) is 8.45. The molecule has 1 heterocycles. The number of carbonyl (C=O) groups excluding carboxylic acids is 3. The fourth-order valence-electron chi connectivity index (χ4n) is 2.44. The lowest BCUT2D eigenvalue weighted by atomic mass is 10.1. The van der Waals surface area contributed by atoms with Gasteiger partial charge in [0.1, 0.15) is 5.71 Å². The summed E-state index contributed by atoms with van der Waals surface area (Å²) in [7, 11) is 0. The molecule has 1 aliphatic heterocycles. The lowest BCUT2D eigenvalue weighted by Gasteiger charge is -2.24. The molecule has 0 saturated carbocycles. The summed E-state index contributed by atoms with van der Waals surface area (Å²) in [6, 6.07) is 5.75. The van der Waals surface area contributed by atoms with E-state index in [1.54, 1.807) is 0 Å². The van der Waals surface area contributed by atoms with E-state index in [2.05, 4.69) is 15.7 Å². The number of nitrogens with one attached hydrogen (secondary N) is 2. The Morgan fingerprint density at radius 3 is 2.68 bits per heavy atom. The van der Waals surface area contributed by atoms with Gasteiger partial charge in [0, 0.05) is 19.4 Å². The summed E-state index contributed by atoms with van der Waals surface area (Å²) in [5, 5.41) is 10.8. The van der Waals surface area contributed by atoms with Gasteiger partial charge in [-0.15, -0.1) is 0 Å². The summed E-state index contributed by atoms with van der Waals surface area (Å²) in [5.74, 6) is -0.811. The Morgan fingerprint density at radius 2 is 1.96 bits per heavy atom. The van der Waals surface area contributed by atoms with E-state index >= 15 is 0 Å². The van der Waals surface area contributed by atoms with Crippen LogP contribution in [0, 0.1) is 13.8 Å². The Morgan fingerprint density at radius 1 is 1.20 bits per heavy atom. The van der Waals surface area contributed by atoms with Crippen molar-refractivity contribution in [3.63, 3.8) is 0 Å². The number of carbonyl (C=O) groups is 3. The normalized spacial score (nSPS) is 14.1. The molecule has 1 aromatic rings. The van der Waals surface area contributed by atoms with Crippen molar-refractivity contribution in [3.05, 3.63) is 29.3 Å². The Labute approximate surface area is 147 Å². The summed E-state index contributed by atoms with van der Waals surface area (Å²) in [5.41, 5.74) is 2.84. The van der Waals surface area contributed by atoms with Crippen LogP contribution in [0.4, 0.5) is 5.69 Å². The van der Waals surface area contributed by atoms with Crippen molar-refractivity contribution in [2.24, 2.45) is 5.10 Å². The lowest BCUT2D eigenvalue weighted by Crippen LogP contribution is -2.43. The van der Waals surface area contributed by atoms with Gasteiger partial charge in [-0.05, 0) is 37.5 Å². The number of anilines is 1. The topological polar surface area (TPSA) is 90.9 Å². The number of hydrazone groups is 1. The van der Waals surface area contributed by atoms with Gasteiger partial charge in [0.15, 0.2) is 0 Å². The number of aryl methyl sites for hydroxylation is 2. The molecule has 0 aromatic heterocycles. The van der Waals surface area contributed by atoms with Gasteiger partial charge in [0.25, 0.3) is 5.91 Å². The zero-order valence-corrected chi connectivity index (χ0v) is 14.9. The van der Waals surface area contributed by atoms with Crippen LogP contribution in [0.3, 0.4) is 0 Å². The molecular formula is C18H24N4O3. The fourth-order valence-corrected chi connectivity index (χ4v) is 2.44. The number of rotatable bonds is 6. The lowest BCUT2D eigenvalue weighted by molar-refractivity contribution is -0.123. The molecule has 2 rings (SSSR count). The highest BCUT2D eigenvalue weighted by Crippen LogP contribution is 2.25. The second kappa shape index (κ2) is 8.41. The van der Waals surface area contributed by atoms with Crippen molar-refractivity contribution in [3.8, 4) is 0 Å². The van der Waals surface area contributed by atoms with E-state index in [1.165, 1.54) is 5.01 Å². The van der Waals surface area contributed by atoms with Crippen LogP contribution in [0.1, 0.15) is 37.3 Å². The predicted molar refractivity (Wildman–Crippen MR) is 96.4 cm³/mol. The highest BCUT2D eigenvalue weighted by Gasteiger charge is 2.26. The first kappa shape index (κ1) is 18.6. The highest BCUT2D eigenvalue weighted by atomic mass is 16.2. The molecule has 0 unspecified atom stereocenters. The minimum atomic E-state index is -0.422. The van der Waals surface area contributed by atoms with Crippen LogP contribution in [0.5, 0.6) is 0 Å². The number of amides is 3. The van der Waals surface area contributed by atoms with Crippen molar-refractivity contribution in [2.45, 2.75) is 40.0 Å². The molecule has 0 bridgehead atoms. The third-order valence-electron chi connectivity index (χ3n) is 3.87. The maximum atomic E-state index is 12.3. The molecule has 7 heteroatoms. The van der Waals surface area contributed by atoms with Crippen LogP contribution >= 0.6 is 0 Å². The summed E-state index contributed by atoms with van der Waals surface area (Å²) < 4.78 is 0. The molecule has 0 saturated heterocycles. The van der Waals surface area contributed by atoms with Crippen molar-refractivity contribution < 1.29 is 14.4 Å². The summed E-state index contributed by atoms with van der Waals surface area (Å²) in [4.78, 5) is 36.1. The van der Waals surface area contributed by atoms with Crippen molar-refractivity contribution in [1.82, 2.24) is 10.6 Å². The van der Waals surface area contributed by atoms with Gasteiger partial charge in [-0.2, -0.15) is 5.10 Å². The SMILES string of the molecule is CCCNC(=O)CNC(=O)C1=NN(c2cc(C)ccc2C)C(=O)CC1. The predicted octanol–water partition coefficient (Wildman–Crippen LogP) is 1.43. The second-order valence-electron chi connectivity index (χ2n) is 6.07. The van der Waals surface area contributed by atoms with Crippen LogP contribution in [0.2, 0.25) is 0 Å². The standard InChI is InChI=1S/C18H24N4O3/c1-4-9-19-16(23)11-20-18(25)14-7-8-17(24)22(21-14)15-10-12(2)5-6-13(15)3/h5-6,10H,4,7-9,11H2,1-3H3,(H,19,23)(H,20,25). The molecular weight excluding hydrogens is 320 g/mol. The Hall–Kier alpha value is -2.70. The third-order valence-corrected chi connectivity index (χ3v) is 3.87. The Bertz CT molecular complexity index is 712. The Balaban J connectivity index is 2.10. The van der Waals surface area contributed by atoms with Gasteiger partial charge in [0.2, 0.25) is 11.8 Å². The minimum Gasteiger partial charge on any atom is -0.355 e. The zero-order chi connectivity index (χ0) is 18.4. The minimum absolute atomic E-state index is 0.102. The molecule has 134 valence electrons. The summed E-state index contributed by atoms with van der Waals surface area (Å²) >= 11 is 0. The molecule has 0 atom stereocenters. The zero-order valence-electron chi connectivity index (χ0n) is 14.9. The first-order chi connectivity index (χ1) is 11.9. The number of nitrogens with zero attached hydrogens (tertiary/aromatic N) is 2. The van der Waals surface area contributed by atoms with E-state index in [-0.39, 0.29) is 36.9 Å². The van der Waals surface area contributed by atoms with Gasteiger partial charge in [-0.25, -0.2) is 5.01 Å². The van der Waals surface area contributed by atoms with Gasteiger partial charge >= 0.3 is 0 Å². The second-order valence-corrected chi connectivity index (χ2v) is 6.07. The number of benzene rings is 1. The van der Waals surface area contributed by atoms with Crippen LogP contribution in [0.25, 0.3) is 0 Å². The first-order valence-electron chi connectivity index (χ1n) is 8.45. The largest absolute Gasteiger partial charge is 0.355 e. The van der Waals surface area contributed by atoms with Gasteiger partial charge in [0.05, 0.1) is 12.2 Å². The Kier molecular flexibility index (Phi) is 6.27. The molecule has 0 aliphatic carbocycles. The average Bonchev–Trinajstić information content (AvgIpc) is 2.60. The van der Waals surface area contributed by atoms with Crippen LogP contribution in [-0.4, -0.2) is 36.5 Å². The van der Waals surface area contributed by atoms with E-state index in [0.29, 0.717) is 12.2 Å². The molecule has 0 fully saturated rings. The fraction of sp³-hybridized carbons (Fsp3) is 0.444. The van der Waals surface area contributed by atoms with E-state index in [9.17, 15) is 14.4 Å². The summed E-state index contributed by atoms with van der Waals surface area (Å²) in [6.07, 6.45) is 1.31. The van der Waals surface area contributed by atoms with Crippen LogP contribution < -0.4 is 15.6 Å². The number of hydrogen-bond donors (Lipinski definition) is 2. The van der Waals surface area contributed by atoms with Gasteiger partial charge in [-0.1, -0.05) is 19.1 Å². The smallest absolute Gasteiger partial charge is 0.267 e. The summed E-state index contributed by atoms with van der Waals surface area (Å²) in [6.45, 7) is 6.25. The molecule has 1 aromatic carbocycles. The van der Waals surface area contributed by atoms with Gasteiger partial charge < -0.3 is 10.6 Å². The van der Waals surface area contributed by atoms with Crippen molar-refractivity contribution in [2.75, 3.05) is 18.1 Å². The van der Waals surface area contributed by atoms with Crippen molar-refractivity contribution in [1.29, 1.82) is 0 Å². The van der Waals surface area contributed by atoms with Crippen molar-refractivity contribution >= 4 is 29.1 Å². The maximum absolute atomic E-state index is 12.3. The third kappa shape index (κ3) is 4.89. The molecule has 3 amide bonds. The monoisotopic (exact) mass is 344 g/mol. The molecule has 0 spiro atoms.